The van der Waals surface area contributed by atoms with Crippen LogP contribution in [0.4, 0.5) is 0 Å². The van der Waals surface area contributed by atoms with Crippen molar-refractivity contribution >= 4 is 5.97 Å². The van der Waals surface area contributed by atoms with E-state index in [4.69, 9.17) is 4.74 Å². The van der Waals surface area contributed by atoms with E-state index < -0.39 is 17.7 Å². The van der Waals surface area contributed by atoms with Gasteiger partial charge in [0.05, 0.1) is 5.60 Å². The standard InChI is InChI=1S/C22H32O3/c1-14-8-11-22(12-9-14)13-10-16-7-6-15(2)17(18(16)22)19(20(23)24)25-21(3,4)5/h6-7,14,19H,8-13H2,1-5H3,(H,23,24). The van der Waals surface area contributed by atoms with E-state index in [9.17, 15) is 9.90 Å². The number of benzene rings is 1. The van der Waals surface area contributed by atoms with E-state index in [1.54, 1.807) is 0 Å². The van der Waals surface area contributed by atoms with Gasteiger partial charge in [-0.05, 0) is 99.8 Å². The van der Waals surface area contributed by atoms with E-state index in [1.807, 2.05) is 27.7 Å². The molecule has 1 aromatic carbocycles. The number of carboxylic acid groups (broad SMARTS) is 1. The molecule has 1 unspecified atom stereocenters. The lowest BCUT2D eigenvalue weighted by atomic mass is 9.66. The largest absolute Gasteiger partial charge is 0.479 e. The molecule has 3 rings (SSSR count). The molecule has 0 aliphatic heterocycles. The Morgan fingerprint density at radius 3 is 2.44 bits per heavy atom. The highest BCUT2D eigenvalue weighted by Gasteiger charge is 2.45. The van der Waals surface area contributed by atoms with Gasteiger partial charge >= 0.3 is 5.97 Å². The second-order valence-electron chi connectivity index (χ2n) is 9.24. The van der Waals surface area contributed by atoms with Gasteiger partial charge in [-0.15, -0.1) is 0 Å². The van der Waals surface area contributed by atoms with Crippen LogP contribution >= 0.6 is 0 Å². The minimum Gasteiger partial charge on any atom is -0.479 e. The lowest BCUT2D eigenvalue weighted by molar-refractivity contribution is -0.160. The van der Waals surface area contributed by atoms with Crippen molar-refractivity contribution < 1.29 is 14.6 Å². The first-order valence-electron chi connectivity index (χ1n) is 9.66. The van der Waals surface area contributed by atoms with E-state index in [0.717, 1.165) is 29.9 Å². The summed E-state index contributed by atoms with van der Waals surface area (Å²) in [5.41, 5.74) is 4.32. The van der Waals surface area contributed by atoms with Crippen molar-refractivity contribution in [2.24, 2.45) is 5.92 Å². The molecule has 1 aromatic rings. The zero-order valence-electron chi connectivity index (χ0n) is 16.3. The van der Waals surface area contributed by atoms with E-state index in [2.05, 4.69) is 19.1 Å². The number of aliphatic carboxylic acids is 1. The van der Waals surface area contributed by atoms with Gasteiger partial charge in [0.25, 0.3) is 0 Å². The van der Waals surface area contributed by atoms with E-state index in [-0.39, 0.29) is 5.41 Å². The smallest absolute Gasteiger partial charge is 0.337 e. The van der Waals surface area contributed by atoms with Crippen LogP contribution in [-0.2, 0) is 21.4 Å². The van der Waals surface area contributed by atoms with Gasteiger partial charge in [-0.2, -0.15) is 0 Å². The van der Waals surface area contributed by atoms with E-state index in [0.29, 0.717) is 0 Å². The van der Waals surface area contributed by atoms with Gasteiger partial charge in [0, 0.05) is 0 Å². The number of carboxylic acids is 1. The molecule has 0 aromatic heterocycles. The normalized spacial score (nSPS) is 27.3. The summed E-state index contributed by atoms with van der Waals surface area (Å²) >= 11 is 0. The van der Waals surface area contributed by atoms with Crippen LogP contribution in [0, 0.1) is 12.8 Å². The first kappa shape index (κ1) is 18.4. The van der Waals surface area contributed by atoms with Gasteiger partial charge < -0.3 is 9.84 Å². The summed E-state index contributed by atoms with van der Waals surface area (Å²) in [6.07, 6.45) is 6.19. The van der Waals surface area contributed by atoms with Gasteiger partial charge in [0.15, 0.2) is 6.10 Å². The molecule has 138 valence electrons. The van der Waals surface area contributed by atoms with Crippen molar-refractivity contribution in [1.29, 1.82) is 0 Å². The molecule has 0 saturated heterocycles. The highest BCUT2D eigenvalue weighted by molar-refractivity contribution is 5.76. The molecule has 0 bridgehead atoms. The minimum absolute atomic E-state index is 0.165. The van der Waals surface area contributed by atoms with Gasteiger partial charge in [-0.1, -0.05) is 19.1 Å². The molecule has 2 aliphatic rings. The molecule has 1 atom stereocenters. The molecule has 1 N–H and O–H groups in total. The molecule has 0 radical (unpaired) electrons. The molecule has 0 heterocycles. The highest BCUT2D eigenvalue weighted by atomic mass is 16.5. The molecule has 3 nitrogen and oxygen atoms in total. The predicted molar refractivity (Wildman–Crippen MR) is 100 cm³/mol. The molecule has 1 fully saturated rings. The number of aryl methyl sites for hydroxylation is 2. The average molecular weight is 344 g/mol. The van der Waals surface area contributed by atoms with Crippen LogP contribution in [0.25, 0.3) is 0 Å². The lowest BCUT2D eigenvalue weighted by Crippen LogP contribution is -2.33. The first-order chi connectivity index (χ1) is 11.6. The topological polar surface area (TPSA) is 46.5 Å². The summed E-state index contributed by atoms with van der Waals surface area (Å²) in [6, 6.07) is 4.30. The summed E-state index contributed by atoms with van der Waals surface area (Å²) in [5, 5.41) is 9.95. The third kappa shape index (κ3) is 3.48. The number of hydrogen-bond donors (Lipinski definition) is 1. The second kappa shape index (κ2) is 6.42. The van der Waals surface area contributed by atoms with Crippen molar-refractivity contribution in [1.82, 2.24) is 0 Å². The third-order valence-corrected chi connectivity index (χ3v) is 6.14. The maximum atomic E-state index is 12.1. The molecule has 0 amide bonds. The minimum atomic E-state index is -0.885. The van der Waals surface area contributed by atoms with Gasteiger partial charge in [0.2, 0.25) is 0 Å². The molecular weight excluding hydrogens is 312 g/mol. The molecule has 2 aliphatic carbocycles. The van der Waals surface area contributed by atoms with E-state index in [1.165, 1.54) is 36.8 Å². The van der Waals surface area contributed by atoms with E-state index >= 15 is 0 Å². The van der Waals surface area contributed by atoms with Crippen molar-refractivity contribution in [2.45, 2.75) is 90.3 Å². The van der Waals surface area contributed by atoms with Crippen molar-refractivity contribution in [3.05, 3.63) is 34.4 Å². The second-order valence-corrected chi connectivity index (χ2v) is 9.24. The van der Waals surface area contributed by atoms with Crippen LogP contribution in [0.5, 0.6) is 0 Å². The monoisotopic (exact) mass is 344 g/mol. The van der Waals surface area contributed by atoms with Crippen LogP contribution in [0.15, 0.2) is 12.1 Å². The average Bonchev–Trinajstić information content (AvgIpc) is 2.86. The maximum absolute atomic E-state index is 12.1. The van der Waals surface area contributed by atoms with Crippen LogP contribution in [0.1, 0.15) is 88.2 Å². The molecule has 1 spiro atoms. The zero-order valence-corrected chi connectivity index (χ0v) is 16.3. The van der Waals surface area contributed by atoms with Crippen LogP contribution < -0.4 is 0 Å². The summed E-state index contributed by atoms with van der Waals surface area (Å²) < 4.78 is 6.05. The Kier molecular flexibility index (Phi) is 4.74. The number of rotatable bonds is 3. The summed E-state index contributed by atoms with van der Waals surface area (Å²) in [7, 11) is 0. The Balaban J connectivity index is 2.12. The molecule has 3 heteroatoms. The van der Waals surface area contributed by atoms with Gasteiger partial charge in [-0.25, -0.2) is 4.79 Å². The van der Waals surface area contributed by atoms with Crippen molar-refractivity contribution in [3.8, 4) is 0 Å². The maximum Gasteiger partial charge on any atom is 0.337 e. The Morgan fingerprint density at radius 1 is 1.24 bits per heavy atom. The zero-order chi connectivity index (χ0) is 18.4. The van der Waals surface area contributed by atoms with Crippen molar-refractivity contribution in [3.63, 3.8) is 0 Å². The van der Waals surface area contributed by atoms with Crippen LogP contribution in [-0.4, -0.2) is 16.7 Å². The predicted octanol–water partition coefficient (Wildman–Crippen LogP) is 5.33. The number of ether oxygens (including phenoxy) is 1. The Bertz CT molecular complexity index is 661. The third-order valence-electron chi connectivity index (χ3n) is 6.14. The Labute approximate surface area is 151 Å². The summed E-state index contributed by atoms with van der Waals surface area (Å²) in [5.74, 6) is -0.0957. The fourth-order valence-corrected chi connectivity index (χ4v) is 4.84. The van der Waals surface area contributed by atoms with Crippen LogP contribution in [0.3, 0.4) is 0 Å². The summed E-state index contributed by atoms with van der Waals surface area (Å²) in [4.78, 5) is 12.1. The SMILES string of the molecule is Cc1ccc2c(c1C(OC(C)(C)C)C(=O)O)C1(CC2)CCC(C)CC1. The molecule has 1 saturated carbocycles. The first-order valence-corrected chi connectivity index (χ1v) is 9.66. The lowest BCUT2D eigenvalue weighted by Gasteiger charge is -2.40. The molecule has 25 heavy (non-hydrogen) atoms. The van der Waals surface area contributed by atoms with Gasteiger partial charge in [0.1, 0.15) is 0 Å². The Hall–Kier alpha value is -1.35. The van der Waals surface area contributed by atoms with Crippen LogP contribution in [0.2, 0.25) is 0 Å². The summed E-state index contributed by atoms with van der Waals surface area (Å²) in [6.45, 7) is 10.2. The van der Waals surface area contributed by atoms with Crippen molar-refractivity contribution in [2.75, 3.05) is 0 Å². The fraction of sp³-hybridized carbons (Fsp3) is 0.682. The van der Waals surface area contributed by atoms with Gasteiger partial charge in [-0.3, -0.25) is 0 Å². The number of hydrogen-bond acceptors (Lipinski definition) is 2. The number of carbonyl (C=O) groups is 1. The number of fused-ring (bicyclic) bond motifs is 2. The molecular formula is C22H32O3. The highest BCUT2D eigenvalue weighted by Crippen LogP contribution is 2.53. The Morgan fingerprint density at radius 2 is 1.88 bits per heavy atom. The quantitative estimate of drug-likeness (QED) is 0.806. The fourth-order valence-electron chi connectivity index (χ4n) is 4.84.